The number of aliphatic imine (C=N–C) groups is 1. The van der Waals surface area contributed by atoms with Gasteiger partial charge in [-0.2, -0.15) is 0 Å². The Hall–Kier alpha value is -2.68. The molecule has 1 atom stereocenters. The molecule has 1 aliphatic rings. The molecule has 3 rings (SSSR count). The van der Waals surface area contributed by atoms with Gasteiger partial charge >= 0.3 is 0 Å². The average molecular weight is 430 g/mol. The number of aryl methyl sites for hydroxylation is 1. The second-order valence-electron chi connectivity index (χ2n) is 7.29. The smallest absolute Gasteiger partial charge is 0.161 e. The summed E-state index contributed by atoms with van der Waals surface area (Å²) in [5.41, 5.74) is 2.61. The van der Waals surface area contributed by atoms with E-state index in [1.807, 2.05) is 25.1 Å². The zero-order valence-electron chi connectivity index (χ0n) is 18.4. The van der Waals surface area contributed by atoms with E-state index in [0.29, 0.717) is 54.7 Å². The minimum Gasteiger partial charge on any atom is -0.505 e. The molecule has 0 amide bonds. The van der Waals surface area contributed by atoms with Gasteiger partial charge in [-0.05, 0) is 31.5 Å². The van der Waals surface area contributed by atoms with Crippen molar-refractivity contribution in [2.24, 2.45) is 4.99 Å². The van der Waals surface area contributed by atoms with Gasteiger partial charge in [0.25, 0.3) is 0 Å². The van der Waals surface area contributed by atoms with Crippen LogP contribution in [0, 0.1) is 6.92 Å². The number of rotatable bonds is 9. The lowest BCUT2D eigenvalue weighted by Gasteiger charge is -2.34. The average Bonchev–Trinajstić information content (AvgIpc) is 2.80. The molecule has 0 bridgehead atoms. The van der Waals surface area contributed by atoms with Crippen LogP contribution in [0.1, 0.15) is 35.3 Å². The molecule has 31 heavy (non-hydrogen) atoms. The maximum Gasteiger partial charge on any atom is 0.161 e. The van der Waals surface area contributed by atoms with Crippen LogP contribution in [-0.4, -0.2) is 72.9 Å². The fourth-order valence-corrected chi connectivity index (χ4v) is 3.65. The van der Waals surface area contributed by atoms with Gasteiger partial charge in [0.2, 0.25) is 0 Å². The minimum absolute atomic E-state index is 0.00683. The molecule has 1 saturated heterocycles. The Labute approximate surface area is 183 Å². The van der Waals surface area contributed by atoms with Crippen molar-refractivity contribution in [1.82, 2.24) is 9.88 Å². The zero-order chi connectivity index (χ0) is 22.2. The standard InChI is InChI=1S/C23H31N3O5/c1-4-31-21-6-5-17(11-22(21)29-3)20(26-7-9-30-10-8-26)14-24-13-19-18(15-27)12-25-16(2)23(19)28/h5-6,11-13,20,27-28H,4,7-10,14-15H2,1-3H3/t20-/m0/s1. The van der Waals surface area contributed by atoms with Crippen molar-refractivity contribution in [1.29, 1.82) is 0 Å². The summed E-state index contributed by atoms with van der Waals surface area (Å²) in [4.78, 5) is 11.1. The topological polar surface area (TPSA) is 96.6 Å². The third-order valence-corrected chi connectivity index (χ3v) is 5.39. The van der Waals surface area contributed by atoms with Gasteiger partial charge < -0.3 is 24.4 Å². The van der Waals surface area contributed by atoms with E-state index in [0.717, 1.165) is 18.7 Å². The van der Waals surface area contributed by atoms with E-state index < -0.39 is 0 Å². The Morgan fingerprint density at radius 3 is 2.74 bits per heavy atom. The first kappa shape index (κ1) is 23.0. The van der Waals surface area contributed by atoms with Crippen LogP contribution in [0.2, 0.25) is 0 Å². The molecular weight excluding hydrogens is 398 g/mol. The molecule has 8 nitrogen and oxygen atoms in total. The van der Waals surface area contributed by atoms with Crippen molar-refractivity contribution in [2.45, 2.75) is 26.5 Å². The maximum absolute atomic E-state index is 10.4. The quantitative estimate of drug-likeness (QED) is 0.591. The summed E-state index contributed by atoms with van der Waals surface area (Å²) < 4.78 is 16.7. The number of nitrogens with zero attached hydrogens (tertiary/aromatic N) is 3. The predicted molar refractivity (Wildman–Crippen MR) is 118 cm³/mol. The van der Waals surface area contributed by atoms with Crippen LogP contribution in [0.15, 0.2) is 29.4 Å². The Bertz CT molecular complexity index is 897. The highest BCUT2D eigenvalue weighted by atomic mass is 16.5. The van der Waals surface area contributed by atoms with Crippen LogP contribution in [-0.2, 0) is 11.3 Å². The number of aromatic nitrogens is 1. The summed E-state index contributed by atoms with van der Waals surface area (Å²) in [7, 11) is 1.63. The van der Waals surface area contributed by atoms with Crippen molar-refractivity contribution in [3.63, 3.8) is 0 Å². The van der Waals surface area contributed by atoms with E-state index in [4.69, 9.17) is 14.2 Å². The number of ether oxygens (including phenoxy) is 3. The van der Waals surface area contributed by atoms with Gasteiger partial charge in [-0.1, -0.05) is 6.07 Å². The Morgan fingerprint density at radius 2 is 2.06 bits per heavy atom. The molecule has 1 aromatic heterocycles. The molecule has 8 heteroatoms. The molecule has 2 N–H and O–H groups in total. The third-order valence-electron chi connectivity index (χ3n) is 5.39. The number of hydrogen-bond donors (Lipinski definition) is 2. The third kappa shape index (κ3) is 5.52. The number of methoxy groups -OCH3 is 1. The number of aliphatic hydroxyl groups excluding tert-OH is 1. The number of benzene rings is 1. The van der Waals surface area contributed by atoms with E-state index in [1.165, 1.54) is 0 Å². The summed E-state index contributed by atoms with van der Waals surface area (Å²) in [5.74, 6) is 1.44. The first-order valence-corrected chi connectivity index (χ1v) is 10.5. The molecule has 1 aliphatic heterocycles. The van der Waals surface area contributed by atoms with Crippen molar-refractivity contribution < 1.29 is 24.4 Å². The molecule has 2 aromatic rings. The highest BCUT2D eigenvalue weighted by molar-refractivity contribution is 5.85. The van der Waals surface area contributed by atoms with E-state index >= 15 is 0 Å². The Balaban J connectivity index is 1.89. The van der Waals surface area contributed by atoms with E-state index in [1.54, 1.807) is 26.4 Å². The number of pyridine rings is 1. The van der Waals surface area contributed by atoms with Crippen molar-refractivity contribution in [2.75, 3.05) is 46.6 Å². The van der Waals surface area contributed by atoms with Gasteiger partial charge in [-0.15, -0.1) is 0 Å². The van der Waals surface area contributed by atoms with E-state index in [9.17, 15) is 10.2 Å². The van der Waals surface area contributed by atoms with Gasteiger partial charge in [-0.3, -0.25) is 14.9 Å². The van der Waals surface area contributed by atoms with Crippen LogP contribution >= 0.6 is 0 Å². The fraction of sp³-hybridized carbons (Fsp3) is 0.478. The van der Waals surface area contributed by atoms with Crippen LogP contribution in [0.25, 0.3) is 0 Å². The summed E-state index contributed by atoms with van der Waals surface area (Å²) >= 11 is 0. The van der Waals surface area contributed by atoms with Crippen LogP contribution in [0.5, 0.6) is 17.2 Å². The summed E-state index contributed by atoms with van der Waals surface area (Å²) in [6.45, 7) is 7.43. The zero-order valence-corrected chi connectivity index (χ0v) is 18.4. The van der Waals surface area contributed by atoms with Crippen molar-refractivity contribution in [3.05, 3.63) is 46.8 Å². The van der Waals surface area contributed by atoms with Gasteiger partial charge in [0.05, 0.1) is 51.8 Å². The van der Waals surface area contributed by atoms with Crippen LogP contribution in [0.3, 0.4) is 0 Å². The second-order valence-corrected chi connectivity index (χ2v) is 7.29. The van der Waals surface area contributed by atoms with Crippen molar-refractivity contribution >= 4 is 6.21 Å². The highest BCUT2D eigenvalue weighted by Crippen LogP contribution is 2.33. The van der Waals surface area contributed by atoms with Gasteiger partial charge in [0.15, 0.2) is 11.5 Å². The Morgan fingerprint density at radius 1 is 1.29 bits per heavy atom. The molecule has 168 valence electrons. The van der Waals surface area contributed by atoms with Gasteiger partial charge in [0.1, 0.15) is 5.75 Å². The largest absolute Gasteiger partial charge is 0.505 e. The van der Waals surface area contributed by atoms with Crippen molar-refractivity contribution in [3.8, 4) is 17.2 Å². The monoisotopic (exact) mass is 429 g/mol. The van der Waals surface area contributed by atoms with Gasteiger partial charge in [-0.25, -0.2) is 0 Å². The van der Waals surface area contributed by atoms with E-state index in [-0.39, 0.29) is 18.4 Å². The summed E-state index contributed by atoms with van der Waals surface area (Å²) in [5, 5.41) is 20.0. The molecule has 1 fully saturated rings. The molecule has 0 saturated carbocycles. The number of aliphatic hydroxyl groups is 1. The summed E-state index contributed by atoms with van der Waals surface area (Å²) in [6.07, 6.45) is 3.18. The molecular formula is C23H31N3O5. The Kier molecular flexibility index (Phi) is 8.22. The van der Waals surface area contributed by atoms with Gasteiger partial charge in [0, 0.05) is 36.6 Å². The SMILES string of the molecule is CCOc1ccc([C@H](CN=Cc2c(CO)cnc(C)c2O)N2CCOCC2)cc1OC. The molecule has 2 heterocycles. The van der Waals surface area contributed by atoms with Crippen LogP contribution in [0.4, 0.5) is 0 Å². The fourth-order valence-electron chi connectivity index (χ4n) is 3.65. The first-order chi connectivity index (χ1) is 15.1. The molecule has 0 unspecified atom stereocenters. The second kappa shape index (κ2) is 11.1. The number of aromatic hydroxyl groups is 1. The number of morpholine rings is 1. The van der Waals surface area contributed by atoms with Crippen LogP contribution < -0.4 is 9.47 Å². The first-order valence-electron chi connectivity index (χ1n) is 10.5. The normalized spacial score (nSPS) is 15.9. The highest BCUT2D eigenvalue weighted by Gasteiger charge is 2.23. The minimum atomic E-state index is -0.217. The molecule has 0 aliphatic carbocycles. The lowest BCUT2D eigenvalue weighted by molar-refractivity contribution is 0.0179. The lowest BCUT2D eigenvalue weighted by Crippen LogP contribution is -2.40. The van der Waals surface area contributed by atoms with E-state index in [2.05, 4.69) is 14.9 Å². The molecule has 0 spiro atoms. The molecule has 1 aromatic carbocycles. The predicted octanol–water partition coefficient (Wildman–Crippen LogP) is 2.49. The lowest BCUT2D eigenvalue weighted by atomic mass is 10.0. The maximum atomic E-state index is 10.4. The number of hydrogen-bond acceptors (Lipinski definition) is 8. The molecule has 0 radical (unpaired) electrons. The summed E-state index contributed by atoms with van der Waals surface area (Å²) in [6, 6.07) is 5.97.